The summed E-state index contributed by atoms with van der Waals surface area (Å²) in [6, 6.07) is 1.78. The molecule has 4 nitrogen and oxygen atoms in total. The first-order valence-electron chi connectivity index (χ1n) is 5.63. The molecule has 2 rings (SSSR count). The topological polar surface area (TPSA) is 59.1 Å². The van der Waals surface area contributed by atoms with Crippen LogP contribution >= 0.6 is 15.9 Å². The van der Waals surface area contributed by atoms with E-state index < -0.39 is 10.0 Å². The maximum Gasteiger partial charge on any atom is 0.235 e. The van der Waals surface area contributed by atoms with E-state index in [2.05, 4.69) is 25.6 Å². The fourth-order valence-corrected chi connectivity index (χ4v) is 3.84. The maximum atomic E-state index is 12.0. The molecule has 1 aliphatic carbocycles. The number of anilines is 1. The summed E-state index contributed by atoms with van der Waals surface area (Å²) in [6.07, 6.45) is 5.06. The van der Waals surface area contributed by atoms with Crippen LogP contribution in [0.4, 0.5) is 5.69 Å². The fraction of sp³-hybridized carbons (Fsp3) is 0.545. The Morgan fingerprint density at radius 3 is 2.65 bits per heavy atom. The highest BCUT2D eigenvalue weighted by molar-refractivity contribution is 9.10. The molecule has 1 aliphatic rings. The van der Waals surface area contributed by atoms with Gasteiger partial charge in [0, 0.05) is 0 Å². The Morgan fingerprint density at radius 1 is 1.41 bits per heavy atom. The van der Waals surface area contributed by atoms with E-state index in [1.807, 2.05) is 6.92 Å². The van der Waals surface area contributed by atoms with Crippen LogP contribution in [0.5, 0.6) is 0 Å². The summed E-state index contributed by atoms with van der Waals surface area (Å²) in [5.74, 6) is 0. The highest BCUT2D eigenvalue weighted by atomic mass is 79.9. The van der Waals surface area contributed by atoms with Crippen LogP contribution in [0.2, 0.25) is 0 Å². The van der Waals surface area contributed by atoms with E-state index in [-0.39, 0.29) is 5.25 Å². The molecule has 1 fully saturated rings. The summed E-state index contributed by atoms with van der Waals surface area (Å²) in [7, 11) is -3.25. The van der Waals surface area contributed by atoms with Crippen LogP contribution in [-0.4, -0.2) is 18.7 Å². The molecule has 0 radical (unpaired) electrons. The van der Waals surface area contributed by atoms with E-state index >= 15 is 0 Å². The van der Waals surface area contributed by atoms with Crippen molar-refractivity contribution >= 4 is 31.6 Å². The summed E-state index contributed by atoms with van der Waals surface area (Å²) in [5.41, 5.74) is 1.45. The van der Waals surface area contributed by atoms with E-state index in [4.69, 9.17) is 0 Å². The van der Waals surface area contributed by atoms with E-state index in [0.29, 0.717) is 5.69 Å². The fourth-order valence-electron chi connectivity index (χ4n) is 2.06. The van der Waals surface area contributed by atoms with Crippen molar-refractivity contribution in [2.24, 2.45) is 0 Å². The van der Waals surface area contributed by atoms with E-state index in [1.165, 1.54) is 6.20 Å². The van der Waals surface area contributed by atoms with E-state index in [1.54, 1.807) is 6.07 Å². The molecule has 6 heteroatoms. The van der Waals surface area contributed by atoms with Gasteiger partial charge in [0.15, 0.2) is 0 Å². The molecule has 94 valence electrons. The monoisotopic (exact) mass is 318 g/mol. The van der Waals surface area contributed by atoms with Gasteiger partial charge in [0.1, 0.15) is 4.60 Å². The molecular weight excluding hydrogens is 304 g/mol. The van der Waals surface area contributed by atoms with E-state index in [0.717, 1.165) is 35.8 Å². The molecule has 0 saturated heterocycles. The van der Waals surface area contributed by atoms with Crippen molar-refractivity contribution in [3.8, 4) is 0 Å². The van der Waals surface area contributed by atoms with Gasteiger partial charge in [-0.15, -0.1) is 0 Å². The van der Waals surface area contributed by atoms with Crippen LogP contribution in [0.25, 0.3) is 0 Å². The highest BCUT2D eigenvalue weighted by Crippen LogP contribution is 2.26. The third-order valence-corrected chi connectivity index (χ3v) is 5.71. The van der Waals surface area contributed by atoms with Gasteiger partial charge in [-0.25, -0.2) is 13.4 Å². The first kappa shape index (κ1) is 12.8. The smallest absolute Gasteiger partial charge is 0.235 e. The summed E-state index contributed by atoms with van der Waals surface area (Å²) >= 11 is 3.29. The second kappa shape index (κ2) is 4.94. The van der Waals surface area contributed by atoms with Gasteiger partial charge in [-0.05, 0) is 47.3 Å². The standard InChI is InChI=1S/C11H15BrN2O2S/c1-8-6-9(7-13-11(8)12)14-17(15,16)10-4-2-3-5-10/h6-7,10,14H,2-5H2,1H3. The number of hydrogen-bond donors (Lipinski definition) is 1. The maximum absolute atomic E-state index is 12.0. The van der Waals surface area contributed by atoms with Crippen molar-refractivity contribution in [1.29, 1.82) is 0 Å². The molecule has 1 aromatic heterocycles. The molecule has 17 heavy (non-hydrogen) atoms. The van der Waals surface area contributed by atoms with Crippen LogP contribution in [-0.2, 0) is 10.0 Å². The normalized spacial score (nSPS) is 17.3. The third kappa shape index (κ3) is 2.98. The second-order valence-corrected chi connectivity index (χ2v) is 7.10. The third-order valence-electron chi connectivity index (χ3n) is 3.02. The number of nitrogens with zero attached hydrogens (tertiary/aromatic N) is 1. The lowest BCUT2D eigenvalue weighted by Gasteiger charge is -2.13. The van der Waals surface area contributed by atoms with Crippen molar-refractivity contribution in [3.63, 3.8) is 0 Å². The Kier molecular flexibility index (Phi) is 3.73. The number of sulfonamides is 1. The minimum absolute atomic E-state index is 0.244. The van der Waals surface area contributed by atoms with Gasteiger partial charge in [-0.1, -0.05) is 12.8 Å². The van der Waals surface area contributed by atoms with Crippen LogP contribution in [0.15, 0.2) is 16.9 Å². The van der Waals surface area contributed by atoms with Crippen LogP contribution in [0.1, 0.15) is 31.2 Å². The average molecular weight is 319 g/mol. The molecule has 1 N–H and O–H groups in total. The predicted molar refractivity (Wildman–Crippen MR) is 71.5 cm³/mol. The van der Waals surface area contributed by atoms with Gasteiger partial charge in [-0.2, -0.15) is 0 Å². The van der Waals surface area contributed by atoms with Crippen LogP contribution < -0.4 is 4.72 Å². The number of hydrogen-bond acceptors (Lipinski definition) is 3. The Labute approximate surface area is 110 Å². The van der Waals surface area contributed by atoms with Crippen molar-refractivity contribution in [2.45, 2.75) is 37.9 Å². The first-order valence-corrected chi connectivity index (χ1v) is 7.97. The van der Waals surface area contributed by atoms with Gasteiger partial charge in [0.25, 0.3) is 0 Å². The Morgan fingerprint density at radius 2 is 2.06 bits per heavy atom. The average Bonchev–Trinajstić information content (AvgIpc) is 2.77. The Balaban J connectivity index is 2.17. The molecule has 1 saturated carbocycles. The number of aryl methyl sites for hydroxylation is 1. The molecule has 0 aliphatic heterocycles. The molecule has 0 aromatic carbocycles. The second-order valence-electron chi connectivity index (χ2n) is 4.39. The van der Waals surface area contributed by atoms with Gasteiger partial charge in [0.05, 0.1) is 17.1 Å². The van der Waals surface area contributed by atoms with Gasteiger partial charge in [-0.3, -0.25) is 4.72 Å². The molecule has 0 unspecified atom stereocenters. The lowest BCUT2D eigenvalue weighted by molar-refractivity contribution is 0.585. The van der Waals surface area contributed by atoms with Crippen molar-refractivity contribution in [3.05, 3.63) is 22.4 Å². The zero-order valence-electron chi connectivity index (χ0n) is 9.61. The molecule has 0 amide bonds. The zero-order valence-corrected chi connectivity index (χ0v) is 12.0. The van der Waals surface area contributed by atoms with Gasteiger partial charge < -0.3 is 0 Å². The van der Waals surface area contributed by atoms with Crippen molar-refractivity contribution in [1.82, 2.24) is 4.98 Å². The Bertz CT molecular complexity index is 510. The summed E-state index contributed by atoms with van der Waals surface area (Å²) in [5, 5.41) is -0.244. The number of rotatable bonds is 3. The molecule has 0 spiro atoms. The summed E-state index contributed by atoms with van der Waals surface area (Å²) in [4.78, 5) is 4.08. The van der Waals surface area contributed by atoms with Gasteiger partial charge in [0.2, 0.25) is 10.0 Å². The lowest BCUT2D eigenvalue weighted by atomic mass is 10.3. The minimum atomic E-state index is -3.25. The van der Waals surface area contributed by atoms with E-state index in [9.17, 15) is 8.42 Å². The van der Waals surface area contributed by atoms with Crippen LogP contribution in [0, 0.1) is 6.92 Å². The molecule has 1 aromatic rings. The molecule has 1 heterocycles. The number of nitrogens with one attached hydrogen (secondary N) is 1. The van der Waals surface area contributed by atoms with Crippen molar-refractivity contribution < 1.29 is 8.42 Å². The summed E-state index contributed by atoms with van der Waals surface area (Å²) < 4.78 is 27.5. The quantitative estimate of drug-likeness (QED) is 0.872. The minimum Gasteiger partial charge on any atom is -0.282 e. The van der Waals surface area contributed by atoms with Crippen molar-refractivity contribution in [2.75, 3.05) is 4.72 Å². The summed E-state index contributed by atoms with van der Waals surface area (Å²) in [6.45, 7) is 1.88. The molecular formula is C11H15BrN2O2S. The largest absolute Gasteiger partial charge is 0.282 e. The van der Waals surface area contributed by atoms with Crippen LogP contribution in [0.3, 0.4) is 0 Å². The predicted octanol–water partition coefficient (Wildman–Crippen LogP) is 2.84. The molecule has 0 bridgehead atoms. The number of aromatic nitrogens is 1. The van der Waals surface area contributed by atoms with Gasteiger partial charge >= 0.3 is 0 Å². The SMILES string of the molecule is Cc1cc(NS(=O)(=O)C2CCCC2)cnc1Br. The highest BCUT2D eigenvalue weighted by Gasteiger charge is 2.28. The molecule has 0 atom stereocenters. The number of pyridine rings is 1. The number of halogens is 1. The first-order chi connectivity index (χ1) is 7.99. The zero-order chi connectivity index (χ0) is 12.5. The lowest BCUT2D eigenvalue weighted by Crippen LogP contribution is -2.25. The Hall–Kier alpha value is -0.620.